The van der Waals surface area contributed by atoms with Crippen molar-refractivity contribution in [2.24, 2.45) is 0 Å². The maximum Gasteiger partial charge on any atom is 0.264 e. The first-order valence-electron chi connectivity index (χ1n) is 13.0. The summed E-state index contributed by atoms with van der Waals surface area (Å²) >= 11 is 0. The molecule has 0 saturated heterocycles. The number of hydrogen-bond donors (Lipinski definition) is 1. The van der Waals surface area contributed by atoms with Crippen LogP contribution in [0.3, 0.4) is 0 Å². The highest BCUT2D eigenvalue weighted by Crippen LogP contribution is 2.31. The molecule has 0 aliphatic heterocycles. The first-order valence-corrected chi connectivity index (χ1v) is 14.5. The van der Waals surface area contributed by atoms with Gasteiger partial charge in [-0.2, -0.15) is 0 Å². The van der Waals surface area contributed by atoms with Crippen LogP contribution in [0.5, 0.6) is 0 Å². The van der Waals surface area contributed by atoms with E-state index in [-0.39, 0.29) is 11.4 Å². The van der Waals surface area contributed by atoms with E-state index < -0.39 is 16.1 Å². The first-order chi connectivity index (χ1) is 19.0. The van der Waals surface area contributed by atoms with E-state index in [1.54, 1.807) is 36.4 Å². The third-order valence-electron chi connectivity index (χ3n) is 6.71. The number of benzene rings is 5. The second kappa shape index (κ2) is 12.3. The van der Waals surface area contributed by atoms with E-state index in [4.69, 9.17) is 0 Å². The molecule has 5 nitrogen and oxygen atoms in total. The van der Waals surface area contributed by atoms with Gasteiger partial charge in [-0.25, -0.2) is 8.42 Å². The smallest absolute Gasteiger partial charge is 0.264 e. The third kappa shape index (κ3) is 6.55. The van der Waals surface area contributed by atoms with Gasteiger partial charge in [0.25, 0.3) is 10.0 Å². The van der Waals surface area contributed by atoms with Gasteiger partial charge in [-0.15, -0.1) is 0 Å². The van der Waals surface area contributed by atoms with Crippen molar-refractivity contribution >= 4 is 26.5 Å². The van der Waals surface area contributed by atoms with Crippen LogP contribution in [0.2, 0.25) is 0 Å². The third-order valence-corrected chi connectivity index (χ3v) is 8.50. The summed E-state index contributed by atoms with van der Waals surface area (Å²) in [6.07, 6.45) is -0.935. The number of nitrogens with zero attached hydrogens (tertiary/aromatic N) is 2. The van der Waals surface area contributed by atoms with Crippen LogP contribution in [0.1, 0.15) is 11.1 Å². The lowest BCUT2D eigenvalue weighted by atomic mass is 10.1. The molecule has 0 spiro atoms. The first kappa shape index (κ1) is 26.6. The Morgan fingerprint density at radius 2 is 1.10 bits per heavy atom. The number of aliphatic hydroxyl groups is 1. The maximum absolute atomic E-state index is 14.0. The zero-order valence-corrected chi connectivity index (χ0v) is 22.5. The van der Waals surface area contributed by atoms with Crippen LogP contribution in [-0.4, -0.2) is 37.6 Å². The molecule has 5 aromatic carbocycles. The Morgan fingerprint density at radius 3 is 1.72 bits per heavy atom. The predicted octanol–water partition coefficient (Wildman–Crippen LogP) is 6.10. The molecule has 1 atom stereocenters. The number of hydrogen-bond acceptors (Lipinski definition) is 4. The number of rotatable bonds is 11. The topological polar surface area (TPSA) is 60.9 Å². The highest BCUT2D eigenvalue weighted by atomic mass is 32.2. The number of fused-ring (bicyclic) bond motifs is 1. The monoisotopic (exact) mass is 536 g/mol. The molecule has 0 aliphatic rings. The van der Waals surface area contributed by atoms with E-state index in [1.165, 1.54) is 4.31 Å². The summed E-state index contributed by atoms with van der Waals surface area (Å²) < 4.78 is 29.3. The van der Waals surface area contributed by atoms with E-state index in [2.05, 4.69) is 29.2 Å². The van der Waals surface area contributed by atoms with E-state index in [9.17, 15) is 13.5 Å². The van der Waals surface area contributed by atoms with Gasteiger partial charge in [0, 0.05) is 25.0 Å². The molecular formula is C33H32N2O3S. The van der Waals surface area contributed by atoms with Crippen molar-refractivity contribution < 1.29 is 13.5 Å². The SMILES string of the molecule is O=S(=O)(c1ccccc1)N(C[C@H](O)CN(Cc1ccccc1)Cc1ccccc1)c1cccc2ccccc12. The summed E-state index contributed by atoms with van der Waals surface area (Å²) in [5.74, 6) is 0. The van der Waals surface area contributed by atoms with E-state index in [0.717, 1.165) is 21.9 Å². The molecule has 198 valence electrons. The van der Waals surface area contributed by atoms with Crippen LogP contribution in [0.25, 0.3) is 10.8 Å². The molecule has 0 unspecified atom stereocenters. The quantitative estimate of drug-likeness (QED) is 0.222. The Kier molecular flexibility index (Phi) is 8.37. The van der Waals surface area contributed by atoms with Crippen LogP contribution in [0.15, 0.2) is 138 Å². The molecule has 0 aromatic heterocycles. The van der Waals surface area contributed by atoms with Gasteiger partial charge < -0.3 is 5.11 Å². The molecule has 0 aliphatic carbocycles. The van der Waals surface area contributed by atoms with Gasteiger partial charge >= 0.3 is 0 Å². The van der Waals surface area contributed by atoms with Crippen LogP contribution >= 0.6 is 0 Å². The summed E-state index contributed by atoms with van der Waals surface area (Å²) in [6, 6.07) is 42.0. The van der Waals surface area contributed by atoms with Gasteiger partial charge in [-0.3, -0.25) is 9.21 Å². The van der Waals surface area contributed by atoms with Crippen molar-refractivity contribution in [2.75, 3.05) is 17.4 Å². The number of anilines is 1. The van der Waals surface area contributed by atoms with Gasteiger partial charge in [0.2, 0.25) is 0 Å². The van der Waals surface area contributed by atoms with Gasteiger partial charge in [-0.05, 0) is 34.7 Å². The van der Waals surface area contributed by atoms with E-state index in [0.29, 0.717) is 25.3 Å². The normalized spacial score (nSPS) is 12.5. The summed E-state index contributed by atoms with van der Waals surface area (Å²) in [4.78, 5) is 2.35. The molecule has 0 saturated carbocycles. The fraction of sp³-hybridized carbons (Fsp3) is 0.152. The Morgan fingerprint density at radius 1 is 0.590 bits per heavy atom. The molecule has 6 heteroatoms. The standard InChI is InChI=1S/C33H32N2O3S/c36-30(25-34(23-27-13-4-1-5-14-27)24-28-15-6-2-7-16-28)26-35(39(37,38)31-19-8-3-9-20-31)33-22-12-18-29-17-10-11-21-32(29)33/h1-22,30,36H,23-26H2/t30-/m1/s1. The lowest BCUT2D eigenvalue weighted by molar-refractivity contribution is 0.111. The number of sulfonamides is 1. The van der Waals surface area contributed by atoms with Crippen LogP contribution in [0, 0.1) is 0 Å². The Labute approximate surface area is 230 Å². The second-order valence-corrected chi connectivity index (χ2v) is 11.5. The van der Waals surface area contributed by atoms with E-state index in [1.807, 2.05) is 72.8 Å². The zero-order valence-electron chi connectivity index (χ0n) is 21.7. The molecule has 5 rings (SSSR count). The molecular weight excluding hydrogens is 504 g/mol. The summed E-state index contributed by atoms with van der Waals surface area (Å²) in [6.45, 7) is 1.49. The Bertz CT molecular complexity index is 1550. The summed E-state index contributed by atoms with van der Waals surface area (Å²) in [5.41, 5.74) is 2.81. The zero-order chi connectivity index (χ0) is 27.1. The predicted molar refractivity (Wildman–Crippen MR) is 158 cm³/mol. The fourth-order valence-electron chi connectivity index (χ4n) is 4.89. The van der Waals surface area contributed by atoms with Crippen LogP contribution in [-0.2, 0) is 23.1 Å². The van der Waals surface area contributed by atoms with Crippen molar-refractivity contribution in [3.8, 4) is 0 Å². The average Bonchev–Trinajstić information content (AvgIpc) is 2.97. The fourth-order valence-corrected chi connectivity index (χ4v) is 6.43. The highest BCUT2D eigenvalue weighted by Gasteiger charge is 2.29. The maximum atomic E-state index is 14.0. The average molecular weight is 537 g/mol. The second-order valence-electron chi connectivity index (χ2n) is 9.64. The summed E-state index contributed by atoms with van der Waals surface area (Å²) in [5, 5.41) is 13.2. The number of aliphatic hydroxyl groups excluding tert-OH is 1. The minimum absolute atomic E-state index is 0.0781. The van der Waals surface area contributed by atoms with Crippen LogP contribution < -0.4 is 4.31 Å². The molecule has 0 radical (unpaired) electrons. The molecule has 0 amide bonds. The van der Waals surface area contributed by atoms with Crippen molar-refractivity contribution in [3.63, 3.8) is 0 Å². The molecule has 0 bridgehead atoms. The largest absolute Gasteiger partial charge is 0.390 e. The minimum atomic E-state index is -3.94. The molecule has 0 heterocycles. The van der Waals surface area contributed by atoms with Crippen molar-refractivity contribution in [1.29, 1.82) is 0 Å². The van der Waals surface area contributed by atoms with Gasteiger partial charge in [0.15, 0.2) is 0 Å². The van der Waals surface area contributed by atoms with E-state index >= 15 is 0 Å². The molecule has 5 aromatic rings. The van der Waals surface area contributed by atoms with Gasteiger partial charge in [-0.1, -0.05) is 115 Å². The van der Waals surface area contributed by atoms with Gasteiger partial charge in [0.05, 0.1) is 23.2 Å². The van der Waals surface area contributed by atoms with Crippen molar-refractivity contribution in [2.45, 2.75) is 24.1 Å². The van der Waals surface area contributed by atoms with Gasteiger partial charge in [0.1, 0.15) is 0 Å². The minimum Gasteiger partial charge on any atom is -0.390 e. The Hall–Kier alpha value is -3.97. The van der Waals surface area contributed by atoms with Crippen molar-refractivity contribution in [1.82, 2.24) is 4.90 Å². The highest BCUT2D eigenvalue weighted by molar-refractivity contribution is 7.92. The molecule has 39 heavy (non-hydrogen) atoms. The molecule has 1 N–H and O–H groups in total. The summed E-state index contributed by atoms with van der Waals surface area (Å²) in [7, 11) is -3.94. The lowest BCUT2D eigenvalue weighted by Crippen LogP contribution is -2.42. The Balaban J connectivity index is 1.47. The van der Waals surface area contributed by atoms with Crippen LogP contribution in [0.4, 0.5) is 5.69 Å². The molecule has 0 fully saturated rings. The lowest BCUT2D eigenvalue weighted by Gasteiger charge is -2.31. The van der Waals surface area contributed by atoms with Crippen molar-refractivity contribution in [3.05, 3.63) is 145 Å².